The van der Waals surface area contributed by atoms with E-state index in [4.69, 9.17) is 0 Å². The fraction of sp³-hybridized carbons (Fsp3) is 0.263. The number of rotatable bonds is 2. The Bertz CT molecular complexity index is 1090. The number of halogens is 2. The van der Waals surface area contributed by atoms with Crippen LogP contribution in [0.4, 0.5) is 10.1 Å². The first-order chi connectivity index (χ1) is 13.3. The third kappa shape index (κ3) is 3.56. The van der Waals surface area contributed by atoms with Gasteiger partial charge in [-0.15, -0.1) is 4.40 Å². The quantitative estimate of drug-likeness (QED) is 0.736. The number of amides is 1. The van der Waals surface area contributed by atoms with Crippen LogP contribution in [0.1, 0.15) is 18.4 Å². The molecule has 1 fully saturated rings. The van der Waals surface area contributed by atoms with Crippen LogP contribution in [-0.2, 0) is 14.8 Å². The third-order valence-corrected chi connectivity index (χ3v) is 6.87. The molecular weight excluding hydrogens is 449 g/mol. The molecule has 0 bridgehead atoms. The highest BCUT2D eigenvalue weighted by Gasteiger charge is 2.35. The molecule has 0 saturated carbocycles. The van der Waals surface area contributed by atoms with Crippen LogP contribution in [0, 0.1) is 11.7 Å². The number of likely N-dealkylation sites (tertiary alicyclic amines) is 1. The van der Waals surface area contributed by atoms with Gasteiger partial charge in [-0.3, -0.25) is 4.79 Å². The first-order valence-electron chi connectivity index (χ1n) is 8.80. The summed E-state index contributed by atoms with van der Waals surface area (Å²) in [6, 6.07) is 10.8. The van der Waals surface area contributed by atoms with E-state index >= 15 is 0 Å². The van der Waals surface area contributed by atoms with Crippen molar-refractivity contribution in [2.24, 2.45) is 10.3 Å². The lowest BCUT2D eigenvalue weighted by Gasteiger charge is -2.33. The maximum Gasteiger partial charge on any atom is 0.285 e. The fourth-order valence-electron chi connectivity index (χ4n) is 3.53. The third-order valence-electron chi connectivity index (χ3n) is 4.89. The molecule has 146 valence electrons. The zero-order valence-corrected chi connectivity index (χ0v) is 17.1. The van der Waals surface area contributed by atoms with Crippen LogP contribution in [0.2, 0.25) is 0 Å². The van der Waals surface area contributed by atoms with Crippen molar-refractivity contribution in [3.63, 3.8) is 0 Å². The second-order valence-electron chi connectivity index (χ2n) is 6.78. The molecule has 0 aliphatic carbocycles. The molecule has 1 saturated heterocycles. The van der Waals surface area contributed by atoms with Gasteiger partial charge in [0.05, 0.1) is 11.6 Å². The highest BCUT2D eigenvalue weighted by molar-refractivity contribution is 9.10. The number of piperidine rings is 1. The van der Waals surface area contributed by atoms with Gasteiger partial charge in [0.25, 0.3) is 10.0 Å². The Labute approximate surface area is 170 Å². The van der Waals surface area contributed by atoms with Crippen LogP contribution in [0.25, 0.3) is 0 Å². The molecule has 2 aromatic carbocycles. The smallest absolute Gasteiger partial charge is 0.285 e. The number of sulfonamides is 1. The van der Waals surface area contributed by atoms with Crippen molar-refractivity contribution >= 4 is 43.4 Å². The Morgan fingerprint density at radius 3 is 2.82 bits per heavy atom. The van der Waals surface area contributed by atoms with Crippen LogP contribution >= 0.6 is 15.9 Å². The summed E-state index contributed by atoms with van der Waals surface area (Å²) >= 11 is 3.24. The monoisotopic (exact) mass is 465 g/mol. The average molecular weight is 466 g/mol. The number of amidine groups is 1. The second kappa shape index (κ2) is 7.29. The summed E-state index contributed by atoms with van der Waals surface area (Å²) in [5, 5.41) is 2.82. The van der Waals surface area contributed by atoms with Gasteiger partial charge in [-0.2, -0.15) is 8.42 Å². The zero-order valence-electron chi connectivity index (χ0n) is 14.7. The number of benzene rings is 2. The van der Waals surface area contributed by atoms with Crippen LogP contribution in [0.15, 0.2) is 56.2 Å². The number of carbonyl (C=O) groups excluding carboxylic acids is 1. The number of fused-ring (bicyclic) bond motifs is 1. The molecule has 0 radical (unpaired) electrons. The molecule has 28 heavy (non-hydrogen) atoms. The maximum absolute atomic E-state index is 13.2. The summed E-state index contributed by atoms with van der Waals surface area (Å²) in [7, 11) is -3.70. The molecular formula is C19H17BrFN3O3S. The van der Waals surface area contributed by atoms with Crippen molar-refractivity contribution in [1.29, 1.82) is 0 Å². The maximum atomic E-state index is 13.2. The average Bonchev–Trinajstić information content (AvgIpc) is 2.96. The normalized spacial score (nSPS) is 20.4. The zero-order chi connectivity index (χ0) is 19.9. The molecule has 2 heterocycles. The molecule has 1 N–H and O–H groups in total. The number of nitrogens with one attached hydrogen (secondary N) is 1. The Morgan fingerprint density at radius 1 is 1.25 bits per heavy atom. The molecule has 4 rings (SSSR count). The molecule has 2 aliphatic rings. The van der Waals surface area contributed by atoms with Gasteiger partial charge in [-0.1, -0.05) is 12.1 Å². The molecule has 0 spiro atoms. The van der Waals surface area contributed by atoms with Crippen molar-refractivity contribution in [2.45, 2.75) is 17.7 Å². The van der Waals surface area contributed by atoms with E-state index < -0.39 is 15.8 Å². The summed E-state index contributed by atoms with van der Waals surface area (Å²) in [5.74, 6) is -0.514. The number of hydrogen-bond donors (Lipinski definition) is 1. The van der Waals surface area contributed by atoms with E-state index in [-0.39, 0.29) is 16.7 Å². The van der Waals surface area contributed by atoms with Gasteiger partial charge >= 0.3 is 0 Å². The Kier molecular flexibility index (Phi) is 4.96. The fourth-order valence-corrected chi connectivity index (χ4v) is 5.20. The molecule has 2 aromatic rings. The van der Waals surface area contributed by atoms with Crippen LogP contribution in [-0.4, -0.2) is 38.2 Å². The van der Waals surface area contributed by atoms with E-state index in [9.17, 15) is 17.6 Å². The largest absolute Gasteiger partial charge is 0.355 e. The lowest BCUT2D eigenvalue weighted by molar-refractivity contribution is -0.121. The van der Waals surface area contributed by atoms with Gasteiger partial charge in [0.1, 0.15) is 10.7 Å². The van der Waals surface area contributed by atoms with Gasteiger partial charge in [-0.05, 0) is 59.1 Å². The van der Waals surface area contributed by atoms with Crippen LogP contribution in [0.3, 0.4) is 0 Å². The number of carbonyl (C=O) groups is 1. The molecule has 6 nitrogen and oxygen atoms in total. The van der Waals surface area contributed by atoms with Crippen molar-refractivity contribution in [3.8, 4) is 0 Å². The van der Waals surface area contributed by atoms with Gasteiger partial charge in [0, 0.05) is 23.1 Å². The minimum Gasteiger partial charge on any atom is -0.355 e. The Hall–Kier alpha value is -2.26. The van der Waals surface area contributed by atoms with E-state index in [0.717, 1.165) is 6.42 Å². The minimum atomic E-state index is -3.70. The first kappa shape index (κ1) is 19.1. The molecule has 2 aliphatic heterocycles. The van der Waals surface area contributed by atoms with E-state index in [1.54, 1.807) is 24.3 Å². The highest BCUT2D eigenvalue weighted by atomic mass is 79.9. The molecule has 9 heteroatoms. The van der Waals surface area contributed by atoms with Crippen molar-refractivity contribution in [2.75, 3.05) is 18.4 Å². The summed E-state index contributed by atoms with van der Waals surface area (Å²) < 4.78 is 42.2. The van der Waals surface area contributed by atoms with E-state index in [1.807, 2.05) is 4.90 Å². The molecule has 1 amide bonds. The SMILES string of the molecule is O=C(Nc1ccc(F)cc1Br)C1CCCN(C2=NS(=O)(=O)c3ccccc32)C1. The molecule has 1 unspecified atom stereocenters. The summed E-state index contributed by atoms with van der Waals surface area (Å²) in [5.41, 5.74) is 1.07. The minimum absolute atomic E-state index is 0.188. The predicted molar refractivity (Wildman–Crippen MR) is 107 cm³/mol. The topological polar surface area (TPSA) is 78.8 Å². The van der Waals surface area contributed by atoms with Gasteiger partial charge < -0.3 is 10.2 Å². The lowest BCUT2D eigenvalue weighted by atomic mass is 9.96. The van der Waals surface area contributed by atoms with Gasteiger partial charge in [-0.25, -0.2) is 4.39 Å². The number of anilines is 1. The lowest BCUT2D eigenvalue weighted by Crippen LogP contribution is -2.43. The molecule has 1 atom stereocenters. The second-order valence-corrected chi connectivity index (χ2v) is 9.21. The summed E-state index contributed by atoms with van der Waals surface area (Å²) in [6.45, 7) is 1.00. The van der Waals surface area contributed by atoms with Crippen LogP contribution < -0.4 is 5.32 Å². The standard InChI is InChI=1S/C19H17BrFN3O3S/c20-15-10-13(21)7-8-16(15)22-19(25)12-4-3-9-24(11-12)18-14-5-1-2-6-17(14)28(26,27)23-18/h1-2,5-8,10,12H,3-4,9,11H2,(H,22,25). The Balaban J connectivity index is 1.53. The van der Waals surface area contributed by atoms with E-state index in [1.165, 1.54) is 18.2 Å². The van der Waals surface area contributed by atoms with Crippen molar-refractivity contribution < 1.29 is 17.6 Å². The van der Waals surface area contributed by atoms with Gasteiger partial charge in [0.15, 0.2) is 5.84 Å². The summed E-state index contributed by atoms with van der Waals surface area (Å²) in [4.78, 5) is 14.8. The predicted octanol–water partition coefficient (Wildman–Crippen LogP) is 3.39. The Morgan fingerprint density at radius 2 is 2.04 bits per heavy atom. The van der Waals surface area contributed by atoms with Crippen LogP contribution in [0.5, 0.6) is 0 Å². The first-order valence-corrected chi connectivity index (χ1v) is 11.0. The summed E-state index contributed by atoms with van der Waals surface area (Å²) in [6.07, 6.45) is 1.42. The number of nitrogens with zero attached hydrogens (tertiary/aromatic N) is 2. The van der Waals surface area contributed by atoms with E-state index in [0.29, 0.717) is 41.1 Å². The highest BCUT2D eigenvalue weighted by Crippen LogP contribution is 2.30. The van der Waals surface area contributed by atoms with Gasteiger partial charge in [0.2, 0.25) is 5.91 Å². The van der Waals surface area contributed by atoms with Crippen molar-refractivity contribution in [1.82, 2.24) is 4.90 Å². The van der Waals surface area contributed by atoms with Crippen molar-refractivity contribution in [3.05, 3.63) is 58.3 Å². The van der Waals surface area contributed by atoms with E-state index in [2.05, 4.69) is 25.6 Å². The number of hydrogen-bond acceptors (Lipinski definition) is 4. The molecule has 0 aromatic heterocycles.